The van der Waals surface area contributed by atoms with Crippen LogP contribution in [0.1, 0.15) is 50.5 Å². The first-order valence-corrected chi connectivity index (χ1v) is 16.6. The molecule has 12 nitrogen and oxygen atoms in total. The largest absolute Gasteiger partial charge is 0.493 e. The normalized spacial score (nSPS) is 20.6. The van der Waals surface area contributed by atoms with E-state index in [0.29, 0.717) is 42.4 Å². The number of carboxylic acids is 1. The number of carboxylic acid groups (broad SMARTS) is 1. The van der Waals surface area contributed by atoms with E-state index in [-0.39, 0.29) is 32.2 Å². The van der Waals surface area contributed by atoms with E-state index in [1.54, 1.807) is 12.1 Å². The molecular formula is C29H49N4O8S+. The molecule has 1 aromatic rings. The number of quaternary nitrogens is 1. The van der Waals surface area contributed by atoms with Gasteiger partial charge in [0.1, 0.15) is 0 Å². The van der Waals surface area contributed by atoms with Crippen molar-refractivity contribution in [2.75, 3.05) is 80.6 Å². The summed E-state index contributed by atoms with van der Waals surface area (Å²) in [4.78, 5) is 30.3. The zero-order valence-electron chi connectivity index (χ0n) is 25.9. The fraction of sp³-hybridized carbons (Fsp3) is 0.724. The van der Waals surface area contributed by atoms with Crippen molar-refractivity contribution in [3.05, 3.63) is 17.7 Å². The molecule has 42 heavy (non-hydrogen) atoms. The van der Waals surface area contributed by atoms with Gasteiger partial charge in [0.05, 0.1) is 53.5 Å². The summed E-state index contributed by atoms with van der Waals surface area (Å²) in [6.07, 6.45) is 5.06. The van der Waals surface area contributed by atoms with Gasteiger partial charge in [-0.05, 0) is 43.4 Å². The van der Waals surface area contributed by atoms with Crippen molar-refractivity contribution >= 4 is 21.9 Å². The number of nitrogens with one attached hydrogen (secondary N) is 1. The molecule has 0 bridgehead atoms. The average molecular weight is 614 g/mol. The van der Waals surface area contributed by atoms with Crippen LogP contribution in [-0.4, -0.2) is 126 Å². The molecule has 2 heterocycles. The number of rotatable bonds is 17. The van der Waals surface area contributed by atoms with E-state index >= 15 is 0 Å². The van der Waals surface area contributed by atoms with Gasteiger partial charge in [-0.1, -0.05) is 13.3 Å². The van der Waals surface area contributed by atoms with Crippen LogP contribution in [-0.2, 0) is 19.6 Å². The van der Waals surface area contributed by atoms with Gasteiger partial charge in [0.25, 0.3) is 0 Å². The predicted molar refractivity (Wildman–Crippen MR) is 159 cm³/mol. The Labute approximate surface area is 250 Å². The molecule has 1 unspecified atom stereocenters. The highest BCUT2D eigenvalue weighted by Gasteiger charge is 2.47. The number of sulfonamides is 1. The lowest BCUT2D eigenvalue weighted by atomic mass is 9.84. The topological polar surface area (TPSA) is 135 Å². The van der Waals surface area contributed by atoms with Crippen LogP contribution in [0.3, 0.4) is 0 Å². The van der Waals surface area contributed by atoms with Crippen molar-refractivity contribution in [2.45, 2.75) is 51.0 Å². The number of amides is 1. The van der Waals surface area contributed by atoms with Crippen LogP contribution in [0.2, 0.25) is 0 Å². The minimum Gasteiger partial charge on any atom is -0.493 e. The third-order valence-corrected chi connectivity index (χ3v) is 8.65. The van der Waals surface area contributed by atoms with Crippen LogP contribution >= 0.6 is 0 Å². The fourth-order valence-electron chi connectivity index (χ4n) is 5.82. The Kier molecular flexibility index (Phi) is 11.9. The maximum atomic E-state index is 13.7. The molecule has 0 radical (unpaired) electrons. The summed E-state index contributed by atoms with van der Waals surface area (Å²) in [5, 5.41) is 10.4. The molecule has 3 atom stereocenters. The third-order valence-electron chi connectivity index (χ3n) is 7.93. The number of fused-ring (bicyclic) bond motifs is 1. The molecule has 2 N–H and O–H groups in total. The summed E-state index contributed by atoms with van der Waals surface area (Å²) in [5.41, 5.74) is 0.711. The van der Waals surface area contributed by atoms with Gasteiger partial charge >= 0.3 is 5.97 Å². The predicted octanol–water partition coefficient (Wildman–Crippen LogP) is 1.95. The number of carbonyl (C=O) groups is 2. The summed E-state index contributed by atoms with van der Waals surface area (Å²) >= 11 is 0. The summed E-state index contributed by atoms with van der Waals surface area (Å²) in [5.74, 6) is -0.981. The van der Waals surface area contributed by atoms with E-state index < -0.39 is 33.9 Å². The Hall–Kier alpha value is -2.61. The molecule has 2 aliphatic rings. The summed E-state index contributed by atoms with van der Waals surface area (Å²) < 4.78 is 43.5. The van der Waals surface area contributed by atoms with E-state index in [9.17, 15) is 23.1 Å². The van der Waals surface area contributed by atoms with Crippen LogP contribution in [0.15, 0.2) is 12.1 Å². The lowest BCUT2D eigenvalue weighted by Crippen LogP contribution is -2.45. The van der Waals surface area contributed by atoms with Gasteiger partial charge in [0.2, 0.25) is 28.5 Å². The third kappa shape index (κ3) is 9.45. The highest BCUT2D eigenvalue weighted by Crippen LogP contribution is 2.47. The van der Waals surface area contributed by atoms with Gasteiger partial charge in [-0.15, -0.1) is 0 Å². The number of nitrogens with zero attached hydrogens (tertiary/aromatic N) is 3. The van der Waals surface area contributed by atoms with E-state index in [0.717, 1.165) is 43.0 Å². The smallest absolute Gasteiger partial charge is 0.308 e. The molecule has 0 spiro atoms. The van der Waals surface area contributed by atoms with Crippen molar-refractivity contribution in [1.29, 1.82) is 0 Å². The molecular weight excluding hydrogens is 564 g/mol. The van der Waals surface area contributed by atoms with Crippen LogP contribution in [0.4, 0.5) is 0 Å². The van der Waals surface area contributed by atoms with Crippen molar-refractivity contribution in [1.82, 2.24) is 14.5 Å². The standard InChI is InChI=1S/C29H48N4O8S/c1-7-8-13-31(14-9-10-15-33(2,3)4)26(34)19-32-18-22(21-16-24(39-5)28-25(17-21)40-20-41-28)27(29(35)36)23(32)11-12-30-42(6,37)38/h16-17,22-23,27,30H,7-15,18-20H2,1-6H3/p+1/t22-,23+,27?/m1/s1. The van der Waals surface area contributed by atoms with Crippen LogP contribution in [0.25, 0.3) is 0 Å². The molecule has 0 aliphatic carbocycles. The number of aliphatic carboxylic acids is 1. The Balaban J connectivity index is 1.86. The Morgan fingerprint density at radius 2 is 1.88 bits per heavy atom. The number of likely N-dealkylation sites (tertiary alicyclic amines) is 1. The quantitative estimate of drug-likeness (QED) is 0.200. The first-order valence-electron chi connectivity index (χ1n) is 14.7. The zero-order chi connectivity index (χ0) is 31.1. The van der Waals surface area contributed by atoms with E-state index in [4.69, 9.17) is 14.2 Å². The second-order valence-electron chi connectivity index (χ2n) is 12.3. The number of methoxy groups -OCH3 is 1. The number of benzene rings is 1. The van der Waals surface area contributed by atoms with E-state index in [1.165, 1.54) is 7.11 Å². The summed E-state index contributed by atoms with van der Waals surface area (Å²) in [6.45, 7) is 4.90. The number of unbranched alkanes of at least 4 members (excludes halogenated alkanes) is 2. The van der Waals surface area contributed by atoms with Crippen molar-refractivity contribution in [3.8, 4) is 17.2 Å². The van der Waals surface area contributed by atoms with Crippen LogP contribution in [0.5, 0.6) is 17.2 Å². The zero-order valence-corrected chi connectivity index (χ0v) is 26.7. The van der Waals surface area contributed by atoms with Gasteiger partial charge in [0, 0.05) is 38.1 Å². The number of hydrogen-bond acceptors (Lipinski definition) is 8. The maximum absolute atomic E-state index is 13.7. The molecule has 0 aromatic heterocycles. The minimum atomic E-state index is -3.46. The van der Waals surface area contributed by atoms with Gasteiger partial charge in [-0.2, -0.15) is 0 Å². The lowest BCUT2D eigenvalue weighted by molar-refractivity contribution is -0.870. The average Bonchev–Trinajstić information content (AvgIpc) is 3.51. The second-order valence-corrected chi connectivity index (χ2v) is 14.2. The molecule has 1 fully saturated rings. The second kappa shape index (κ2) is 14.7. The molecule has 1 aromatic carbocycles. The SMILES string of the molecule is CCCCN(CCCC[N+](C)(C)C)C(=O)CN1C[C@H](c2cc(OC)c3c(c2)OCO3)C(C(=O)O)[C@@H]1CCNS(C)(=O)=O. The first kappa shape index (κ1) is 33.9. The highest BCUT2D eigenvalue weighted by molar-refractivity contribution is 7.88. The van der Waals surface area contributed by atoms with Gasteiger partial charge in [0.15, 0.2) is 11.5 Å². The Bertz CT molecular complexity index is 1190. The lowest BCUT2D eigenvalue weighted by Gasteiger charge is -2.30. The first-order chi connectivity index (χ1) is 19.7. The Morgan fingerprint density at radius 1 is 1.17 bits per heavy atom. The molecule has 3 rings (SSSR count). The highest BCUT2D eigenvalue weighted by atomic mass is 32.2. The molecule has 1 saturated heterocycles. The molecule has 13 heteroatoms. The van der Waals surface area contributed by atoms with E-state index in [2.05, 4.69) is 32.8 Å². The maximum Gasteiger partial charge on any atom is 0.308 e. The summed E-state index contributed by atoms with van der Waals surface area (Å²) in [6, 6.07) is 2.99. The number of carbonyl (C=O) groups excluding carboxylic acids is 1. The molecule has 238 valence electrons. The molecule has 1 amide bonds. The molecule has 0 saturated carbocycles. The Morgan fingerprint density at radius 3 is 2.50 bits per heavy atom. The van der Waals surface area contributed by atoms with Crippen LogP contribution < -0.4 is 18.9 Å². The van der Waals surface area contributed by atoms with Gasteiger partial charge in [-0.25, -0.2) is 13.1 Å². The summed E-state index contributed by atoms with van der Waals surface area (Å²) in [7, 11) is 4.50. The van der Waals surface area contributed by atoms with Gasteiger partial charge in [-0.3, -0.25) is 14.5 Å². The van der Waals surface area contributed by atoms with Crippen LogP contribution in [0, 0.1) is 5.92 Å². The van der Waals surface area contributed by atoms with E-state index in [1.807, 2.05) is 9.80 Å². The molecule has 2 aliphatic heterocycles. The van der Waals surface area contributed by atoms with Crippen molar-refractivity contribution in [3.63, 3.8) is 0 Å². The number of hydrogen-bond donors (Lipinski definition) is 2. The monoisotopic (exact) mass is 613 g/mol. The fourth-order valence-corrected chi connectivity index (χ4v) is 6.31. The van der Waals surface area contributed by atoms with Gasteiger partial charge < -0.3 is 28.7 Å². The van der Waals surface area contributed by atoms with Crippen molar-refractivity contribution in [2.24, 2.45) is 5.92 Å². The minimum absolute atomic E-state index is 0.0390. The number of ether oxygens (including phenoxy) is 3. The van der Waals surface area contributed by atoms with Crippen molar-refractivity contribution < 1.29 is 41.8 Å².